The molecule has 0 atom stereocenters. The molecule has 156 valence electrons. The lowest BCUT2D eigenvalue weighted by atomic mass is 10.0. The zero-order valence-corrected chi connectivity index (χ0v) is 16.1. The standard InChI is InChI=1S/C18H16F3NO2.C3H6O2/c19-18(20,21)15-5-1-12(2-6-15)10-22-11-14-9-16(23)7-3-13(14)4-8-17(22)24;1-3(4)5-2/h1-3,5-7,9,23H,4,8,10-11H2;1-2H3. The van der Waals surface area contributed by atoms with Crippen LogP contribution < -0.4 is 0 Å². The topological polar surface area (TPSA) is 66.8 Å². The van der Waals surface area contributed by atoms with Gasteiger partial charge in [-0.05, 0) is 47.4 Å². The molecule has 3 rings (SSSR count). The van der Waals surface area contributed by atoms with E-state index in [2.05, 4.69) is 4.74 Å². The first kappa shape index (κ1) is 22.3. The van der Waals surface area contributed by atoms with Crippen LogP contribution in [0.25, 0.3) is 0 Å². The number of hydrogen-bond acceptors (Lipinski definition) is 4. The molecule has 0 saturated carbocycles. The van der Waals surface area contributed by atoms with Crippen molar-refractivity contribution >= 4 is 11.9 Å². The molecule has 0 saturated heterocycles. The highest BCUT2D eigenvalue weighted by Gasteiger charge is 2.30. The number of methoxy groups -OCH3 is 1. The number of phenolic OH excluding ortho intramolecular Hbond substituents is 1. The minimum absolute atomic E-state index is 0.0504. The number of phenols is 1. The first-order chi connectivity index (χ1) is 13.6. The van der Waals surface area contributed by atoms with E-state index in [1.807, 2.05) is 0 Å². The molecule has 0 spiro atoms. The molecule has 0 aliphatic carbocycles. The third kappa shape index (κ3) is 6.51. The van der Waals surface area contributed by atoms with E-state index in [1.165, 1.54) is 26.2 Å². The van der Waals surface area contributed by atoms with Crippen molar-refractivity contribution in [3.05, 3.63) is 64.7 Å². The largest absolute Gasteiger partial charge is 0.508 e. The highest BCUT2D eigenvalue weighted by Crippen LogP contribution is 2.30. The molecule has 2 aromatic rings. The summed E-state index contributed by atoms with van der Waals surface area (Å²) in [5, 5.41) is 9.62. The van der Waals surface area contributed by atoms with E-state index in [0.29, 0.717) is 24.9 Å². The Morgan fingerprint density at radius 1 is 1.10 bits per heavy atom. The SMILES string of the molecule is COC(C)=O.O=C1CCc2ccc(O)cc2CN1Cc1ccc(C(F)(F)F)cc1. The molecule has 0 aromatic heterocycles. The third-order valence-electron chi connectivity index (χ3n) is 4.45. The van der Waals surface area contributed by atoms with E-state index in [-0.39, 0.29) is 24.2 Å². The van der Waals surface area contributed by atoms with Gasteiger partial charge in [0.1, 0.15) is 5.75 Å². The molecule has 0 unspecified atom stereocenters. The molecule has 5 nitrogen and oxygen atoms in total. The van der Waals surface area contributed by atoms with Crippen LogP contribution in [0.1, 0.15) is 35.6 Å². The van der Waals surface area contributed by atoms with Crippen LogP contribution in [0.2, 0.25) is 0 Å². The lowest BCUT2D eigenvalue weighted by Gasteiger charge is -2.21. The summed E-state index contributed by atoms with van der Waals surface area (Å²) < 4.78 is 41.9. The fraction of sp³-hybridized carbons (Fsp3) is 0.333. The average Bonchev–Trinajstić information content (AvgIpc) is 2.81. The zero-order valence-electron chi connectivity index (χ0n) is 16.1. The Kier molecular flexibility index (Phi) is 7.25. The molecule has 1 amide bonds. The van der Waals surface area contributed by atoms with Crippen LogP contribution in [0, 0.1) is 0 Å². The number of esters is 1. The molecule has 0 bridgehead atoms. The number of hydrogen-bond donors (Lipinski definition) is 1. The van der Waals surface area contributed by atoms with Crippen molar-refractivity contribution in [1.82, 2.24) is 4.90 Å². The highest BCUT2D eigenvalue weighted by atomic mass is 19.4. The van der Waals surface area contributed by atoms with Crippen LogP contribution in [0.4, 0.5) is 13.2 Å². The van der Waals surface area contributed by atoms with Crippen molar-refractivity contribution in [2.24, 2.45) is 0 Å². The van der Waals surface area contributed by atoms with Crippen LogP contribution >= 0.6 is 0 Å². The number of carbonyl (C=O) groups excluding carboxylic acids is 2. The summed E-state index contributed by atoms with van der Waals surface area (Å²) in [6, 6.07) is 9.87. The first-order valence-corrected chi connectivity index (χ1v) is 8.89. The molecule has 1 N–H and O–H groups in total. The predicted molar refractivity (Wildman–Crippen MR) is 99.8 cm³/mol. The Morgan fingerprint density at radius 3 is 2.28 bits per heavy atom. The molecule has 1 heterocycles. The number of aryl methyl sites for hydroxylation is 1. The number of carbonyl (C=O) groups is 2. The van der Waals surface area contributed by atoms with Crippen molar-refractivity contribution in [2.45, 2.75) is 39.0 Å². The van der Waals surface area contributed by atoms with Gasteiger partial charge in [-0.3, -0.25) is 9.59 Å². The van der Waals surface area contributed by atoms with E-state index < -0.39 is 11.7 Å². The summed E-state index contributed by atoms with van der Waals surface area (Å²) in [4.78, 5) is 23.5. The van der Waals surface area contributed by atoms with Gasteiger partial charge in [-0.1, -0.05) is 18.2 Å². The van der Waals surface area contributed by atoms with Gasteiger partial charge in [0.15, 0.2) is 0 Å². The maximum absolute atomic E-state index is 12.6. The highest BCUT2D eigenvalue weighted by molar-refractivity contribution is 5.77. The fourth-order valence-corrected chi connectivity index (χ4v) is 2.86. The number of aromatic hydroxyl groups is 1. The molecule has 8 heteroatoms. The van der Waals surface area contributed by atoms with Gasteiger partial charge in [-0.25, -0.2) is 0 Å². The van der Waals surface area contributed by atoms with Crippen LogP contribution in [-0.2, 0) is 40.0 Å². The van der Waals surface area contributed by atoms with Crippen molar-refractivity contribution in [3.63, 3.8) is 0 Å². The number of nitrogens with zero attached hydrogens (tertiary/aromatic N) is 1. The van der Waals surface area contributed by atoms with Gasteiger partial charge >= 0.3 is 12.1 Å². The van der Waals surface area contributed by atoms with E-state index in [0.717, 1.165) is 23.3 Å². The van der Waals surface area contributed by atoms with Crippen molar-refractivity contribution in [3.8, 4) is 5.75 Å². The quantitative estimate of drug-likeness (QED) is 0.760. The monoisotopic (exact) mass is 409 g/mol. The third-order valence-corrected chi connectivity index (χ3v) is 4.45. The Hall–Kier alpha value is -3.03. The van der Waals surface area contributed by atoms with Crippen molar-refractivity contribution < 1.29 is 32.6 Å². The van der Waals surface area contributed by atoms with Gasteiger partial charge in [-0.15, -0.1) is 0 Å². The number of alkyl halides is 3. The second-order valence-corrected chi connectivity index (χ2v) is 6.59. The van der Waals surface area contributed by atoms with Crippen molar-refractivity contribution in [1.29, 1.82) is 0 Å². The van der Waals surface area contributed by atoms with Gasteiger partial charge in [-0.2, -0.15) is 13.2 Å². The number of rotatable bonds is 2. The lowest BCUT2D eigenvalue weighted by Crippen LogP contribution is -2.28. The first-order valence-electron chi connectivity index (χ1n) is 8.89. The molecule has 0 fully saturated rings. The van der Waals surface area contributed by atoms with Crippen LogP contribution in [0.3, 0.4) is 0 Å². The van der Waals surface area contributed by atoms with Crippen LogP contribution in [-0.4, -0.2) is 29.0 Å². The number of benzene rings is 2. The Labute approximate surface area is 166 Å². The number of amides is 1. The maximum atomic E-state index is 12.6. The molecule has 0 radical (unpaired) electrons. The lowest BCUT2D eigenvalue weighted by molar-refractivity contribution is -0.138. The average molecular weight is 409 g/mol. The Balaban J connectivity index is 0.000000537. The predicted octanol–water partition coefficient (Wildman–Crippen LogP) is 4.07. The summed E-state index contributed by atoms with van der Waals surface area (Å²) in [6.45, 7) is 1.94. The molecule has 2 aromatic carbocycles. The summed E-state index contributed by atoms with van der Waals surface area (Å²) in [5.74, 6) is -0.159. The summed E-state index contributed by atoms with van der Waals surface area (Å²) >= 11 is 0. The van der Waals surface area contributed by atoms with Gasteiger partial charge in [0, 0.05) is 26.4 Å². The normalized spacial score (nSPS) is 13.7. The summed E-state index contributed by atoms with van der Waals surface area (Å²) in [7, 11) is 1.35. The summed E-state index contributed by atoms with van der Waals surface area (Å²) in [6.07, 6.45) is -3.43. The van der Waals surface area contributed by atoms with Crippen molar-refractivity contribution in [2.75, 3.05) is 7.11 Å². The molecule has 1 aliphatic heterocycles. The second-order valence-electron chi connectivity index (χ2n) is 6.59. The molecule has 1 aliphatic rings. The maximum Gasteiger partial charge on any atom is 0.416 e. The minimum Gasteiger partial charge on any atom is -0.508 e. The fourth-order valence-electron chi connectivity index (χ4n) is 2.86. The van der Waals surface area contributed by atoms with Gasteiger partial charge < -0.3 is 14.7 Å². The Morgan fingerprint density at radius 2 is 1.72 bits per heavy atom. The minimum atomic E-state index is -4.37. The van der Waals surface area contributed by atoms with Gasteiger partial charge in [0.2, 0.25) is 5.91 Å². The summed E-state index contributed by atoms with van der Waals surface area (Å²) in [5.41, 5.74) is 1.81. The van der Waals surface area contributed by atoms with E-state index in [9.17, 15) is 27.9 Å². The number of fused-ring (bicyclic) bond motifs is 1. The van der Waals surface area contributed by atoms with Gasteiger partial charge in [0.25, 0.3) is 0 Å². The molecule has 29 heavy (non-hydrogen) atoms. The van der Waals surface area contributed by atoms with Crippen LogP contribution in [0.15, 0.2) is 42.5 Å². The molecular weight excluding hydrogens is 387 g/mol. The van der Waals surface area contributed by atoms with E-state index in [4.69, 9.17) is 0 Å². The zero-order chi connectivity index (χ0) is 21.6. The van der Waals surface area contributed by atoms with E-state index in [1.54, 1.807) is 23.1 Å². The second kappa shape index (κ2) is 9.45. The van der Waals surface area contributed by atoms with Gasteiger partial charge in [0.05, 0.1) is 12.7 Å². The number of halogens is 3. The van der Waals surface area contributed by atoms with E-state index >= 15 is 0 Å². The molecular formula is C21H22F3NO4. The Bertz CT molecular complexity index is 863. The van der Waals surface area contributed by atoms with Crippen LogP contribution in [0.5, 0.6) is 5.75 Å². The smallest absolute Gasteiger partial charge is 0.416 e. The number of ether oxygens (including phenoxy) is 1.